The van der Waals surface area contributed by atoms with Crippen LogP contribution in [0, 0.1) is 0 Å². The van der Waals surface area contributed by atoms with Gasteiger partial charge >= 0.3 is 6.09 Å². The van der Waals surface area contributed by atoms with Crippen molar-refractivity contribution in [2.24, 2.45) is 0 Å². The first-order valence-electron chi connectivity index (χ1n) is 4.34. The summed E-state index contributed by atoms with van der Waals surface area (Å²) in [5.74, 6) is 2.20. The zero-order valence-corrected chi connectivity index (χ0v) is 8.23. The van der Waals surface area contributed by atoms with E-state index >= 15 is 0 Å². The van der Waals surface area contributed by atoms with Gasteiger partial charge in [0.2, 0.25) is 0 Å². The van der Waals surface area contributed by atoms with Gasteiger partial charge in [-0.25, -0.2) is 4.79 Å². The molecule has 0 aromatic rings. The first-order valence-corrected chi connectivity index (χ1v) is 5.49. The molecule has 0 atom stereocenters. The number of carbonyl (C=O) groups excluding carboxylic acids is 1. The Bertz CT molecular complexity index is 144. The fourth-order valence-electron chi connectivity index (χ4n) is 1.14. The van der Waals surface area contributed by atoms with E-state index in [1.807, 2.05) is 18.7 Å². The summed E-state index contributed by atoms with van der Waals surface area (Å²) in [7, 11) is 0. The molecule has 4 heteroatoms. The maximum Gasteiger partial charge on any atom is 0.409 e. The molecule has 1 fully saturated rings. The van der Waals surface area contributed by atoms with Crippen LogP contribution in [0.1, 0.15) is 13.3 Å². The SMILES string of the molecule is CCOC(=O)N1CCCSCC1. The third kappa shape index (κ3) is 2.93. The van der Waals surface area contributed by atoms with Gasteiger partial charge in [-0.15, -0.1) is 0 Å². The second-order valence-electron chi connectivity index (χ2n) is 2.65. The summed E-state index contributed by atoms with van der Waals surface area (Å²) in [6.07, 6.45) is 0.934. The lowest BCUT2D eigenvalue weighted by Gasteiger charge is -2.18. The van der Waals surface area contributed by atoms with Crippen molar-refractivity contribution in [2.45, 2.75) is 13.3 Å². The molecule has 3 nitrogen and oxygen atoms in total. The second-order valence-corrected chi connectivity index (χ2v) is 3.88. The molecule has 1 aliphatic rings. The van der Waals surface area contributed by atoms with Crippen LogP contribution in [0.5, 0.6) is 0 Å². The van der Waals surface area contributed by atoms with Gasteiger partial charge in [-0.3, -0.25) is 0 Å². The Labute approximate surface area is 77.4 Å². The van der Waals surface area contributed by atoms with E-state index in [1.54, 1.807) is 4.90 Å². The van der Waals surface area contributed by atoms with Gasteiger partial charge in [0.25, 0.3) is 0 Å². The minimum absolute atomic E-state index is 0.153. The van der Waals surface area contributed by atoms with Gasteiger partial charge in [-0.2, -0.15) is 11.8 Å². The Balaban J connectivity index is 2.32. The van der Waals surface area contributed by atoms with Gasteiger partial charge in [0.1, 0.15) is 0 Å². The molecule has 0 aliphatic carbocycles. The van der Waals surface area contributed by atoms with Crippen LogP contribution in [0.15, 0.2) is 0 Å². The molecule has 0 aromatic carbocycles. The van der Waals surface area contributed by atoms with E-state index in [-0.39, 0.29) is 6.09 Å². The molecule has 0 bridgehead atoms. The molecule has 1 aliphatic heterocycles. The van der Waals surface area contributed by atoms with Crippen LogP contribution in [-0.2, 0) is 4.74 Å². The predicted octanol–water partition coefficient (Wildman–Crippen LogP) is 1.58. The van der Waals surface area contributed by atoms with E-state index in [1.165, 1.54) is 0 Å². The van der Waals surface area contributed by atoms with Crippen LogP contribution < -0.4 is 0 Å². The quantitative estimate of drug-likeness (QED) is 0.627. The number of ether oxygens (including phenoxy) is 1. The Kier molecular flexibility index (Phi) is 4.29. The highest BCUT2D eigenvalue weighted by Crippen LogP contribution is 2.10. The molecule has 12 heavy (non-hydrogen) atoms. The minimum Gasteiger partial charge on any atom is -0.450 e. The third-order valence-corrected chi connectivity index (χ3v) is 2.80. The predicted molar refractivity (Wildman–Crippen MR) is 50.5 cm³/mol. The monoisotopic (exact) mass is 189 g/mol. The van der Waals surface area contributed by atoms with Gasteiger partial charge < -0.3 is 9.64 Å². The second kappa shape index (κ2) is 5.30. The summed E-state index contributed by atoms with van der Waals surface area (Å²) in [6.45, 7) is 4.00. The van der Waals surface area contributed by atoms with Gasteiger partial charge in [-0.05, 0) is 19.1 Å². The van der Waals surface area contributed by atoms with Crippen molar-refractivity contribution in [3.05, 3.63) is 0 Å². The number of hydrogen-bond acceptors (Lipinski definition) is 3. The molecule has 0 unspecified atom stereocenters. The van der Waals surface area contributed by atoms with Crippen molar-refractivity contribution in [1.82, 2.24) is 4.90 Å². The van der Waals surface area contributed by atoms with Crippen molar-refractivity contribution >= 4 is 17.9 Å². The fraction of sp³-hybridized carbons (Fsp3) is 0.875. The summed E-state index contributed by atoms with van der Waals surface area (Å²) in [4.78, 5) is 13.0. The summed E-state index contributed by atoms with van der Waals surface area (Å²) in [6, 6.07) is 0. The normalized spacial score (nSPS) is 18.6. The smallest absolute Gasteiger partial charge is 0.409 e. The summed E-state index contributed by atoms with van der Waals surface area (Å²) >= 11 is 1.91. The standard InChI is InChI=1S/C8H15NO2S/c1-2-11-8(10)9-4-3-6-12-7-5-9/h2-7H2,1H3. The van der Waals surface area contributed by atoms with Crippen molar-refractivity contribution in [1.29, 1.82) is 0 Å². The maximum absolute atomic E-state index is 11.2. The van der Waals surface area contributed by atoms with E-state index < -0.39 is 0 Å². The molecule has 1 heterocycles. The summed E-state index contributed by atoms with van der Waals surface area (Å²) in [5, 5.41) is 0. The zero-order valence-electron chi connectivity index (χ0n) is 7.41. The molecular weight excluding hydrogens is 174 g/mol. The highest BCUT2D eigenvalue weighted by atomic mass is 32.2. The van der Waals surface area contributed by atoms with Crippen molar-refractivity contribution in [3.63, 3.8) is 0 Å². The lowest BCUT2D eigenvalue weighted by Crippen LogP contribution is -2.33. The largest absolute Gasteiger partial charge is 0.450 e. The van der Waals surface area contributed by atoms with E-state index in [0.29, 0.717) is 6.61 Å². The molecule has 70 valence electrons. The van der Waals surface area contributed by atoms with Crippen LogP contribution in [0.2, 0.25) is 0 Å². The molecule has 0 aromatic heterocycles. The highest BCUT2D eigenvalue weighted by Gasteiger charge is 2.15. The lowest BCUT2D eigenvalue weighted by molar-refractivity contribution is 0.110. The first kappa shape index (κ1) is 9.71. The van der Waals surface area contributed by atoms with Crippen LogP contribution in [0.4, 0.5) is 4.79 Å². The topological polar surface area (TPSA) is 29.5 Å². The molecule has 0 spiro atoms. The van der Waals surface area contributed by atoms with Crippen LogP contribution in [-0.4, -0.2) is 42.2 Å². The van der Waals surface area contributed by atoms with Crippen molar-refractivity contribution in [3.8, 4) is 0 Å². The molecule has 1 rings (SSSR count). The lowest BCUT2D eigenvalue weighted by atomic mass is 10.4. The Morgan fingerprint density at radius 1 is 1.50 bits per heavy atom. The average molecular weight is 189 g/mol. The molecule has 1 amide bonds. The summed E-state index contributed by atoms with van der Waals surface area (Å²) in [5.41, 5.74) is 0. The number of thioether (sulfide) groups is 1. The Morgan fingerprint density at radius 2 is 2.33 bits per heavy atom. The Morgan fingerprint density at radius 3 is 3.08 bits per heavy atom. The zero-order chi connectivity index (χ0) is 8.81. The van der Waals surface area contributed by atoms with Crippen molar-refractivity contribution < 1.29 is 9.53 Å². The fourth-order valence-corrected chi connectivity index (χ4v) is 2.03. The van der Waals surface area contributed by atoms with Gasteiger partial charge in [0.15, 0.2) is 0 Å². The van der Waals surface area contributed by atoms with Crippen LogP contribution >= 0.6 is 11.8 Å². The minimum atomic E-state index is -0.153. The molecular formula is C8H15NO2S. The van der Waals surface area contributed by atoms with E-state index in [0.717, 1.165) is 31.0 Å². The summed E-state index contributed by atoms with van der Waals surface area (Å²) < 4.78 is 4.91. The average Bonchev–Trinajstić information content (AvgIpc) is 2.32. The van der Waals surface area contributed by atoms with Crippen LogP contribution in [0.25, 0.3) is 0 Å². The van der Waals surface area contributed by atoms with E-state index in [4.69, 9.17) is 4.74 Å². The molecule has 0 radical (unpaired) electrons. The molecule has 0 saturated carbocycles. The van der Waals surface area contributed by atoms with E-state index in [9.17, 15) is 4.79 Å². The number of carbonyl (C=O) groups is 1. The van der Waals surface area contributed by atoms with Crippen molar-refractivity contribution in [2.75, 3.05) is 31.2 Å². The van der Waals surface area contributed by atoms with Gasteiger partial charge in [-0.1, -0.05) is 0 Å². The Hall–Kier alpha value is -0.380. The number of amides is 1. The van der Waals surface area contributed by atoms with E-state index in [2.05, 4.69) is 0 Å². The number of rotatable bonds is 1. The van der Waals surface area contributed by atoms with Gasteiger partial charge in [0, 0.05) is 18.8 Å². The molecule has 1 saturated heterocycles. The number of hydrogen-bond donors (Lipinski definition) is 0. The third-order valence-electron chi connectivity index (χ3n) is 1.75. The van der Waals surface area contributed by atoms with Crippen LogP contribution in [0.3, 0.4) is 0 Å². The highest BCUT2D eigenvalue weighted by molar-refractivity contribution is 7.99. The van der Waals surface area contributed by atoms with Gasteiger partial charge in [0.05, 0.1) is 6.61 Å². The first-order chi connectivity index (χ1) is 5.84. The molecule has 0 N–H and O–H groups in total. The maximum atomic E-state index is 11.2. The number of nitrogens with zero attached hydrogens (tertiary/aromatic N) is 1.